The van der Waals surface area contributed by atoms with Crippen molar-refractivity contribution in [2.45, 2.75) is 58.0 Å². The topological polar surface area (TPSA) is 65.4 Å². The quantitative estimate of drug-likeness (QED) is 0.361. The summed E-state index contributed by atoms with van der Waals surface area (Å²) in [6.07, 6.45) is 6.57. The molecule has 0 bridgehead atoms. The lowest BCUT2D eigenvalue weighted by Crippen LogP contribution is -2.31. The fourth-order valence-electron chi connectivity index (χ4n) is 4.09. The van der Waals surface area contributed by atoms with Gasteiger partial charge in [0.2, 0.25) is 0 Å². The van der Waals surface area contributed by atoms with Crippen LogP contribution in [0.2, 0.25) is 0 Å². The Labute approximate surface area is 180 Å². The number of nitrogens with zero attached hydrogens (tertiary/aromatic N) is 2. The summed E-state index contributed by atoms with van der Waals surface area (Å²) >= 11 is 0. The van der Waals surface area contributed by atoms with Gasteiger partial charge < -0.3 is 14.0 Å². The van der Waals surface area contributed by atoms with Crippen LogP contribution in [0.4, 0.5) is 0 Å². The number of benzene rings is 1. The molecular weight excluding hydrogens is 378 g/mol. The molecule has 0 spiro atoms. The van der Waals surface area contributed by atoms with E-state index in [1.807, 2.05) is 41.1 Å². The summed E-state index contributed by atoms with van der Waals surface area (Å²) in [6, 6.07) is 10.0. The predicted molar refractivity (Wildman–Crippen MR) is 117 cm³/mol. The van der Waals surface area contributed by atoms with Crippen LogP contribution in [0.3, 0.4) is 0 Å². The molecule has 1 aromatic carbocycles. The second kappa shape index (κ2) is 9.31. The molecule has 1 heterocycles. The molecule has 0 amide bonds. The molecule has 1 aliphatic carbocycles. The lowest BCUT2D eigenvalue weighted by Gasteiger charge is -2.22. The van der Waals surface area contributed by atoms with Gasteiger partial charge in [-0.3, -0.25) is 10.1 Å². The Bertz CT molecular complexity index is 828. The van der Waals surface area contributed by atoms with Crippen molar-refractivity contribution in [1.82, 2.24) is 14.9 Å². The van der Waals surface area contributed by atoms with Crippen LogP contribution >= 0.6 is 0 Å². The van der Waals surface area contributed by atoms with Crippen molar-refractivity contribution < 1.29 is 14.3 Å². The molecule has 6 heteroatoms. The van der Waals surface area contributed by atoms with Crippen LogP contribution < -0.4 is 5.32 Å². The summed E-state index contributed by atoms with van der Waals surface area (Å²) < 4.78 is 12.9. The molecule has 1 N–H and O–H groups in total. The van der Waals surface area contributed by atoms with Crippen molar-refractivity contribution in [2.75, 3.05) is 20.4 Å². The second-order valence-electron chi connectivity index (χ2n) is 9.23. The van der Waals surface area contributed by atoms with Gasteiger partial charge in [0.05, 0.1) is 31.5 Å². The lowest BCUT2D eigenvalue weighted by atomic mass is 9.92. The molecular formula is C24H35N3O3. The van der Waals surface area contributed by atoms with E-state index in [2.05, 4.69) is 38.0 Å². The highest BCUT2D eigenvalue weighted by Gasteiger charge is 2.63. The monoisotopic (exact) mass is 413 g/mol. The minimum Gasteiger partial charge on any atom is -0.468 e. The van der Waals surface area contributed by atoms with Gasteiger partial charge in [0.15, 0.2) is 0 Å². The van der Waals surface area contributed by atoms with E-state index in [0.29, 0.717) is 12.6 Å². The number of carbonyl (C=O) groups excluding carboxylic acids is 1. The van der Waals surface area contributed by atoms with Crippen LogP contribution in [-0.2, 0) is 19.7 Å². The van der Waals surface area contributed by atoms with Crippen molar-refractivity contribution in [1.29, 1.82) is 0 Å². The van der Waals surface area contributed by atoms with E-state index in [9.17, 15) is 4.79 Å². The maximum atomic E-state index is 12.8. The molecule has 6 nitrogen and oxygen atoms in total. The number of esters is 1. The van der Waals surface area contributed by atoms with E-state index < -0.39 is 5.41 Å². The summed E-state index contributed by atoms with van der Waals surface area (Å²) in [6.45, 7) is 9.76. The number of carbonyl (C=O) groups is 1. The van der Waals surface area contributed by atoms with Crippen LogP contribution in [0.25, 0.3) is 5.69 Å². The number of methoxy groups -OCH3 is 1. The first-order valence-electron chi connectivity index (χ1n) is 10.8. The minimum absolute atomic E-state index is 0.150. The first-order valence-corrected chi connectivity index (χ1v) is 10.8. The predicted octanol–water partition coefficient (Wildman–Crippen LogP) is 4.08. The van der Waals surface area contributed by atoms with Gasteiger partial charge >= 0.3 is 5.97 Å². The van der Waals surface area contributed by atoms with Gasteiger partial charge in [0.1, 0.15) is 5.41 Å². The summed E-state index contributed by atoms with van der Waals surface area (Å²) in [7, 11) is 1.47. The Balaban J connectivity index is 1.66. The Morgan fingerprint density at radius 1 is 1.33 bits per heavy atom. The summed E-state index contributed by atoms with van der Waals surface area (Å²) in [4.78, 5) is 17.4. The third-order valence-corrected chi connectivity index (χ3v) is 5.98. The number of para-hydroxylation sites is 1. The van der Waals surface area contributed by atoms with Crippen molar-refractivity contribution in [3.63, 3.8) is 0 Å². The largest absolute Gasteiger partial charge is 0.468 e. The summed E-state index contributed by atoms with van der Waals surface area (Å²) in [5.74, 6) is 0.547. The van der Waals surface area contributed by atoms with Crippen molar-refractivity contribution >= 4 is 5.97 Å². The molecule has 0 aliphatic heterocycles. The fraction of sp³-hybridized carbons (Fsp3) is 0.583. The number of aromatic nitrogens is 2. The maximum absolute atomic E-state index is 12.8. The molecule has 1 aliphatic rings. The van der Waals surface area contributed by atoms with Crippen molar-refractivity contribution in [3.8, 4) is 5.69 Å². The highest BCUT2D eigenvalue weighted by Crippen LogP contribution is 2.57. The van der Waals surface area contributed by atoms with Gasteiger partial charge in [-0.15, -0.1) is 0 Å². The van der Waals surface area contributed by atoms with E-state index in [0.717, 1.165) is 37.2 Å². The van der Waals surface area contributed by atoms with E-state index >= 15 is 0 Å². The molecule has 164 valence electrons. The van der Waals surface area contributed by atoms with E-state index in [-0.39, 0.29) is 17.5 Å². The van der Waals surface area contributed by atoms with Crippen LogP contribution in [0.1, 0.15) is 52.7 Å². The highest BCUT2D eigenvalue weighted by molar-refractivity contribution is 5.86. The second-order valence-corrected chi connectivity index (χ2v) is 9.23. The van der Waals surface area contributed by atoms with Gasteiger partial charge in [-0.2, -0.15) is 0 Å². The van der Waals surface area contributed by atoms with Crippen LogP contribution in [0.5, 0.6) is 0 Å². The average molecular weight is 414 g/mol. The Hall–Kier alpha value is -2.18. The molecule has 2 aromatic rings. The van der Waals surface area contributed by atoms with Gasteiger partial charge in [0, 0.05) is 18.4 Å². The van der Waals surface area contributed by atoms with Gasteiger partial charge in [-0.25, -0.2) is 4.98 Å². The molecule has 1 fully saturated rings. The SMILES string of the molecule is CC[C@@H](CNCOC(C)(C)C)C[C@H]1C[C@]1(C(=O)OC)c1cn(-c2ccccc2)cn1. The number of ether oxygens (including phenoxy) is 2. The Morgan fingerprint density at radius 2 is 2.07 bits per heavy atom. The molecule has 1 aromatic heterocycles. The Morgan fingerprint density at radius 3 is 2.70 bits per heavy atom. The molecule has 3 rings (SSSR count). The van der Waals surface area contributed by atoms with Gasteiger partial charge in [-0.1, -0.05) is 31.5 Å². The standard InChI is InChI=1S/C24H35N3O3/c1-6-18(14-25-17-30-23(2,3)4)12-19-13-24(19,22(28)29-5)21-15-27(16-26-21)20-10-8-7-9-11-20/h7-11,15-16,18-19,25H,6,12-14,17H2,1-5H3/t18-,19+,24-/m1/s1. The first-order chi connectivity index (χ1) is 14.3. The van der Waals surface area contributed by atoms with E-state index in [4.69, 9.17) is 9.47 Å². The zero-order valence-electron chi connectivity index (χ0n) is 18.9. The molecule has 30 heavy (non-hydrogen) atoms. The maximum Gasteiger partial charge on any atom is 0.318 e. The number of rotatable bonds is 10. The van der Waals surface area contributed by atoms with Crippen LogP contribution in [0.15, 0.2) is 42.9 Å². The summed E-state index contributed by atoms with van der Waals surface area (Å²) in [5, 5.41) is 3.40. The zero-order valence-corrected chi connectivity index (χ0v) is 18.9. The normalized spacial score (nSPS) is 22.0. The number of hydrogen-bond donors (Lipinski definition) is 1. The van der Waals surface area contributed by atoms with Gasteiger partial charge in [0.25, 0.3) is 0 Å². The van der Waals surface area contributed by atoms with Crippen molar-refractivity contribution in [2.24, 2.45) is 11.8 Å². The number of imidazole rings is 1. The minimum atomic E-state index is -0.621. The van der Waals surface area contributed by atoms with E-state index in [1.165, 1.54) is 7.11 Å². The molecule has 0 unspecified atom stereocenters. The number of nitrogens with one attached hydrogen (secondary N) is 1. The molecule has 1 saturated carbocycles. The third kappa shape index (κ3) is 5.10. The van der Waals surface area contributed by atoms with E-state index in [1.54, 1.807) is 6.33 Å². The van der Waals surface area contributed by atoms with Gasteiger partial charge in [-0.05, 0) is 57.6 Å². The first kappa shape index (κ1) is 22.5. The zero-order chi connectivity index (χ0) is 21.8. The lowest BCUT2D eigenvalue weighted by molar-refractivity contribution is -0.144. The van der Waals surface area contributed by atoms with Crippen LogP contribution in [-0.4, -0.2) is 41.5 Å². The average Bonchev–Trinajstić information content (AvgIpc) is 3.23. The van der Waals surface area contributed by atoms with Crippen LogP contribution in [0, 0.1) is 11.8 Å². The molecule has 0 radical (unpaired) electrons. The third-order valence-electron chi connectivity index (χ3n) is 5.98. The summed E-state index contributed by atoms with van der Waals surface area (Å²) in [5.41, 5.74) is 1.07. The number of hydrogen-bond acceptors (Lipinski definition) is 5. The molecule has 0 saturated heterocycles. The smallest absolute Gasteiger partial charge is 0.318 e. The highest BCUT2D eigenvalue weighted by atomic mass is 16.5. The fourth-order valence-corrected chi connectivity index (χ4v) is 4.09. The molecule has 3 atom stereocenters. The Kier molecular flexibility index (Phi) is 6.98. The van der Waals surface area contributed by atoms with Crippen molar-refractivity contribution in [3.05, 3.63) is 48.5 Å².